The molecule has 0 bridgehead atoms. The Morgan fingerprint density at radius 2 is 1.64 bits per heavy atom. The van der Waals surface area contributed by atoms with Gasteiger partial charge in [0.1, 0.15) is 5.69 Å². The van der Waals surface area contributed by atoms with Crippen molar-refractivity contribution in [2.45, 2.75) is 39.3 Å². The number of carbonyl (C=O) groups is 1. The third kappa shape index (κ3) is 3.96. The Balaban J connectivity index is 1.62. The van der Waals surface area contributed by atoms with Crippen LogP contribution in [0.1, 0.15) is 64.1 Å². The first-order valence-corrected chi connectivity index (χ1v) is 11.6. The van der Waals surface area contributed by atoms with Gasteiger partial charge in [0.25, 0.3) is 5.91 Å². The summed E-state index contributed by atoms with van der Waals surface area (Å²) in [5.41, 5.74) is 7.91. The van der Waals surface area contributed by atoms with Gasteiger partial charge in [0.05, 0.1) is 11.7 Å². The van der Waals surface area contributed by atoms with E-state index in [0.29, 0.717) is 23.2 Å². The summed E-state index contributed by atoms with van der Waals surface area (Å²) in [5, 5.41) is 8.30. The van der Waals surface area contributed by atoms with Crippen LogP contribution in [0.3, 0.4) is 0 Å². The third-order valence-electron chi connectivity index (χ3n) is 6.37. The number of aromatic nitrogens is 2. The second kappa shape index (κ2) is 8.53. The number of rotatable bonds is 5. The second-order valence-electron chi connectivity index (χ2n) is 9.01. The van der Waals surface area contributed by atoms with E-state index in [2.05, 4.69) is 79.5 Å². The molecule has 3 aromatic carbocycles. The molecule has 1 aromatic heterocycles. The number of carbonyl (C=O) groups excluding carboxylic acids is 1. The Bertz CT molecular complexity index is 1290. The molecule has 33 heavy (non-hydrogen) atoms. The van der Waals surface area contributed by atoms with E-state index >= 15 is 0 Å². The minimum atomic E-state index is -0.223. The second-order valence-corrected chi connectivity index (χ2v) is 9.45. The lowest BCUT2D eigenvalue weighted by Gasteiger charge is -2.27. The van der Waals surface area contributed by atoms with Gasteiger partial charge in [-0.25, -0.2) is 0 Å². The van der Waals surface area contributed by atoms with Crippen LogP contribution in [0.5, 0.6) is 0 Å². The van der Waals surface area contributed by atoms with Crippen LogP contribution in [0.2, 0.25) is 5.02 Å². The minimum Gasteiger partial charge on any atom is -0.322 e. The number of hydrogen-bond donors (Lipinski definition) is 1. The molecule has 1 N–H and O–H groups in total. The average molecular weight is 456 g/mol. The van der Waals surface area contributed by atoms with Crippen molar-refractivity contribution in [3.8, 4) is 11.3 Å². The van der Waals surface area contributed by atoms with E-state index in [1.165, 1.54) is 11.1 Å². The maximum atomic E-state index is 13.6. The molecule has 1 amide bonds. The van der Waals surface area contributed by atoms with E-state index in [0.717, 1.165) is 27.9 Å². The molecule has 166 valence electrons. The van der Waals surface area contributed by atoms with Crippen LogP contribution >= 0.6 is 11.6 Å². The predicted molar refractivity (Wildman–Crippen MR) is 132 cm³/mol. The summed E-state index contributed by atoms with van der Waals surface area (Å²) in [5.74, 6) is 0.408. The summed E-state index contributed by atoms with van der Waals surface area (Å²) >= 11 is 6.08. The number of aromatic amines is 1. The van der Waals surface area contributed by atoms with Gasteiger partial charge in [-0.2, -0.15) is 5.10 Å². The minimum absolute atomic E-state index is 0.0382. The van der Waals surface area contributed by atoms with Crippen LogP contribution in [0.15, 0.2) is 72.8 Å². The summed E-state index contributed by atoms with van der Waals surface area (Å²) in [6, 6.07) is 24.3. The third-order valence-corrected chi connectivity index (χ3v) is 6.63. The lowest BCUT2D eigenvalue weighted by molar-refractivity contribution is 0.0730. The summed E-state index contributed by atoms with van der Waals surface area (Å²) in [4.78, 5) is 15.5. The predicted octanol–water partition coefficient (Wildman–Crippen LogP) is 6.91. The zero-order valence-corrected chi connectivity index (χ0v) is 19.7. The van der Waals surface area contributed by atoms with Crippen molar-refractivity contribution in [3.05, 3.63) is 111 Å². The summed E-state index contributed by atoms with van der Waals surface area (Å²) in [6.45, 7) is 6.92. The molecule has 5 heteroatoms. The van der Waals surface area contributed by atoms with Crippen LogP contribution in [0.4, 0.5) is 0 Å². The highest BCUT2D eigenvalue weighted by molar-refractivity contribution is 6.30. The molecule has 1 aliphatic rings. The smallest absolute Gasteiger partial charge is 0.273 e. The number of amides is 1. The van der Waals surface area contributed by atoms with Crippen molar-refractivity contribution >= 4 is 17.5 Å². The van der Waals surface area contributed by atoms with Gasteiger partial charge in [0.2, 0.25) is 0 Å². The molecule has 4 nitrogen and oxygen atoms in total. The Morgan fingerprint density at radius 3 is 2.27 bits per heavy atom. The largest absolute Gasteiger partial charge is 0.322 e. The normalized spacial score (nSPS) is 15.4. The summed E-state index contributed by atoms with van der Waals surface area (Å²) < 4.78 is 0. The molecule has 4 aromatic rings. The molecule has 5 rings (SSSR count). The zero-order chi connectivity index (χ0) is 23.1. The van der Waals surface area contributed by atoms with Gasteiger partial charge >= 0.3 is 0 Å². The number of aryl methyl sites for hydroxylation is 1. The van der Waals surface area contributed by atoms with Crippen LogP contribution in [0, 0.1) is 6.92 Å². The van der Waals surface area contributed by atoms with Crippen LogP contribution in [-0.4, -0.2) is 21.0 Å². The van der Waals surface area contributed by atoms with Crippen molar-refractivity contribution in [2.75, 3.05) is 0 Å². The number of nitrogens with zero attached hydrogens (tertiary/aromatic N) is 2. The van der Waals surface area contributed by atoms with Gasteiger partial charge in [-0.1, -0.05) is 91.7 Å². The number of nitrogens with one attached hydrogen (secondary N) is 1. The number of hydrogen-bond acceptors (Lipinski definition) is 2. The Hall–Kier alpha value is -3.37. The fourth-order valence-electron chi connectivity index (χ4n) is 4.49. The van der Waals surface area contributed by atoms with E-state index in [9.17, 15) is 4.79 Å². The van der Waals surface area contributed by atoms with Crippen LogP contribution in [-0.2, 0) is 6.54 Å². The first kappa shape index (κ1) is 21.5. The monoisotopic (exact) mass is 455 g/mol. The molecule has 0 aliphatic carbocycles. The van der Waals surface area contributed by atoms with Crippen LogP contribution in [0.25, 0.3) is 11.3 Å². The number of H-pyrrole nitrogens is 1. The maximum absolute atomic E-state index is 13.6. The molecule has 0 saturated heterocycles. The molecule has 1 aliphatic heterocycles. The van der Waals surface area contributed by atoms with E-state index in [1.807, 2.05) is 29.2 Å². The van der Waals surface area contributed by atoms with E-state index in [4.69, 9.17) is 11.6 Å². The van der Waals surface area contributed by atoms with Gasteiger partial charge in [-0.15, -0.1) is 0 Å². The van der Waals surface area contributed by atoms with Gasteiger partial charge in [-0.3, -0.25) is 9.89 Å². The summed E-state index contributed by atoms with van der Waals surface area (Å²) in [6.07, 6.45) is 0. The maximum Gasteiger partial charge on any atom is 0.273 e. The number of fused-ring (bicyclic) bond motifs is 1. The van der Waals surface area contributed by atoms with Crippen LogP contribution < -0.4 is 0 Å². The van der Waals surface area contributed by atoms with Crippen molar-refractivity contribution in [2.24, 2.45) is 0 Å². The van der Waals surface area contributed by atoms with E-state index < -0.39 is 0 Å². The molecule has 0 saturated carbocycles. The Kier molecular flexibility index (Phi) is 5.55. The first-order chi connectivity index (χ1) is 15.9. The highest BCUT2D eigenvalue weighted by atomic mass is 35.5. The van der Waals surface area contributed by atoms with Gasteiger partial charge in [0.15, 0.2) is 0 Å². The van der Waals surface area contributed by atoms with Crippen molar-refractivity contribution in [1.82, 2.24) is 15.1 Å². The van der Waals surface area contributed by atoms with Crippen molar-refractivity contribution in [1.29, 1.82) is 0 Å². The summed E-state index contributed by atoms with van der Waals surface area (Å²) in [7, 11) is 0. The van der Waals surface area contributed by atoms with Gasteiger partial charge in [0, 0.05) is 22.7 Å². The molecule has 2 heterocycles. The Labute approximate surface area is 199 Å². The first-order valence-electron chi connectivity index (χ1n) is 11.2. The lowest BCUT2D eigenvalue weighted by atomic mass is 9.93. The number of benzene rings is 3. The lowest BCUT2D eigenvalue weighted by Crippen LogP contribution is -2.29. The fourth-order valence-corrected chi connectivity index (χ4v) is 4.61. The Morgan fingerprint density at radius 1 is 0.970 bits per heavy atom. The molecular formula is C28H26ClN3O. The highest BCUT2D eigenvalue weighted by Crippen LogP contribution is 2.43. The van der Waals surface area contributed by atoms with Crippen molar-refractivity contribution < 1.29 is 4.79 Å². The van der Waals surface area contributed by atoms with Crippen molar-refractivity contribution in [3.63, 3.8) is 0 Å². The quantitative estimate of drug-likeness (QED) is 0.355. The molecule has 0 radical (unpaired) electrons. The molecule has 0 fully saturated rings. The number of halogens is 1. The molecular weight excluding hydrogens is 430 g/mol. The average Bonchev–Trinajstić information content (AvgIpc) is 3.35. The standard InChI is InChI=1S/C28H26ClN3O/c1-17(2)20-10-12-22(13-11-20)27-24-25(21-8-4-18(3)5-9-21)30-31-26(24)28(33)32(27)16-19-6-14-23(29)15-7-19/h4-15,17,27H,16H2,1-3H3,(H,30,31). The molecule has 1 unspecified atom stereocenters. The fraction of sp³-hybridized carbons (Fsp3) is 0.214. The van der Waals surface area contributed by atoms with E-state index in [-0.39, 0.29) is 11.9 Å². The van der Waals surface area contributed by atoms with Gasteiger partial charge in [-0.05, 0) is 41.7 Å². The molecule has 0 spiro atoms. The SMILES string of the molecule is Cc1ccc(-c2n[nH]c3c2C(c2ccc(C(C)C)cc2)N(Cc2ccc(Cl)cc2)C3=O)cc1. The zero-order valence-electron chi connectivity index (χ0n) is 19.0. The van der Waals surface area contributed by atoms with E-state index in [1.54, 1.807) is 0 Å². The molecule has 1 atom stereocenters. The topological polar surface area (TPSA) is 49.0 Å². The highest BCUT2D eigenvalue weighted by Gasteiger charge is 2.42. The van der Waals surface area contributed by atoms with Gasteiger partial charge < -0.3 is 4.90 Å².